The van der Waals surface area contributed by atoms with Crippen molar-refractivity contribution in [2.24, 2.45) is 0 Å². The van der Waals surface area contributed by atoms with E-state index in [4.69, 9.17) is 11.6 Å². The third-order valence-electron chi connectivity index (χ3n) is 3.26. The summed E-state index contributed by atoms with van der Waals surface area (Å²) < 4.78 is 64.3. The topological polar surface area (TPSA) is 40.6 Å². The second kappa shape index (κ2) is 6.81. The number of piperidine rings is 1. The molecule has 4 nitrogen and oxygen atoms in total. The van der Waals surface area contributed by atoms with Crippen LogP contribution in [0.1, 0.15) is 33.1 Å². The molecule has 0 bridgehead atoms. The standard InChI is InChI=1S/C11H20ClF3N2O2S/c1-9(2)17(8-11(13,14)15)20(18,19)16-6-4-3-5-10(16)7-12/h9-10H,3-8H2,1-2H3. The molecule has 1 atom stereocenters. The number of alkyl halides is 4. The summed E-state index contributed by atoms with van der Waals surface area (Å²) in [5.74, 6) is 0.0944. The van der Waals surface area contributed by atoms with E-state index in [0.717, 1.165) is 10.7 Å². The molecule has 0 amide bonds. The van der Waals surface area contributed by atoms with Gasteiger partial charge in [0.15, 0.2) is 0 Å². The lowest BCUT2D eigenvalue weighted by atomic mass is 10.1. The molecule has 0 saturated carbocycles. The highest BCUT2D eigenvalue weighted by Gasteiger charge is 2.42. The van der Waals surface area contributed by atoms with Crippen LogP contribution in [0.2, 0.25) is 0 Å². The Morgan fingerprint density at radius 3 is 2.40 bits per heavy atom. The first-order valence-corrected chi connectivity index (χ1v) is 8.44. The summed E-state index contributed by atoms with van der Waals surface area (Å²) in [6, 6.07) is -1.19. The zero-order chi connectivity index (χ0) is 15.6. The summed E-state index contributed by atoms with van der Waals surface area (Å²) in [4.78, 5) is 0. The van der Waals surface area contributed by atoms with E-state index in [1.807, 2.05) is 0 Å². The van der Waals surface area contributed by atoms with E-state index >= 15 is 0 Å². The van der Waals surface area contributed by atoms with Crippen molar-refractivity contribution >= 4 is 21.8 Å². The van der Waals surface area contributed by atoms with Gasteiger partial charge in [0.25, 0.3) is 10.2 Å². The minimum Gasteiger partial charge on any atom is -0.195 e. The largest absolute Gasteiger partial charge is 0.402 e. The fourth-order valence-corrected chi connectivity index (χ4v) is 4.71. The van der Waals surface area contributed by atoms with Gasteiger partial charge in [-0.25, -0.2) is 0 Å². The molecule has 20 heavy (non-hydrogen) atoms. The summed E-state index contributed by atoms with van der Waals surface area (Å²) in [7, 11) is -4.16. The van der Waals surface area contributed by atoms with E-state index < -0.39 is 35.0 Å². The molecule has 1 rings (SSSR count). The van der Waals surface area contributed by atoms with Crippen molar-refractivity contribution in [1.29, 1.82) is 0 Å². The maximum atomic E-state index is 12.6. The molecule has 0 aliphatic carbocycles. The fraction of sp³-hybridized carbons (Fsp3) is 1.00. The lowest BCUT2D eigenvalue weighted by Gasteiger charge is -2.38. The second-order valence-corrected chi connectivity index (χ2v) is 7.32. The molecule has 1 fully saturated rings. The fourth-order valence-electron chi connectivity index (χ4n) is 2.27. The maximum absolute atomic E-state index is 12.6. The first kappa shape index (κ1) is 18.0. The van der Waals surface area contributed by atoms with E-state index in [-0.39, 0.29) is 12.4 Å². The molecule has 1 saturated heterocycles. The van der Waals surface area contributed by atoms with Crippen molar-refractivity contribution in [3.05, 3.63) is 0 Å². The summed E-state index contributed by atoms with van der Waals surface area (Å²) in [6.45, 7) is 1.62. The van der Waals surface area contributed by atoms with Gasteiger partial charge < -0.3 is 0 Å². The van der Waals surface area contributed by atoms with E-state index in [2.05, 4.69) is 0 Å². The third-order valence-corrected chi connectivity index (χ3v) is 5.83. The van der Waals surface area contributed by atoms with Crippen LogP contribution in [-0.2, 0) is 10.2 Å². The normalized spacial score (nSPS) is 22.7. The van der Waals surface area contributed by atoms with Gasteiger partial charge in [-0.1, -0.05) is 6.42 Å². The summed E-state index contributed by atoms with van der Waals surface area (Å²) in [6.07, 6.45) is -2.50. The molecule has 0 spiro atoms. The van der Waals surface area contributed by atoms with Crippen molar-refractivity contribution in [2.45, 2.75) is 51.4 Å². The van der Waals surface area contributed by atoms with Gasteiger partial charge >= 0.3 is 6.18 Å². The Bertz CT molecular complexity index is 414. The lowest BCUT2D eigenvalue weighted by molar-refractivity contribution is -0.139. The summed E-state index contributed by atoms with van der Waals surface area (Å²) >= 11 is 5.75. The van der Waals surface area contributed by atoms with Crippen LogP contribution in [0, 0.1) is 0 Å². The van der Waals surface area contributed by atoms with E-state index in [9.17, 15) is 21.6 Å². The molecule has 0 aromatic rings. The first-order chi connectivity index (χ1) is 9.09. The van der Waals surface area contributed by atoms with Crippen LogP contribution in [0.15, 0.2) is 0 Å². The van der Waals surface area contributed by atoms with Crippen LogP contribution in [0.5, 0.6) is 0 Å². The zero-order valence-electron chi connectivity index (χ0n) is 11.5. The molecular formula is C11H20ClF3N2O2S. The molecule has 0 aromatic heterocycles. The predicted octanol–water partition coefficient (Wildman–Crippen LogP) is 2.60. The Labute approximate surface area is 123 Å². The van der Waals surface area contributed by atoms with E-state index in [1.165, 1.54) is 13.8 Å². The third kappa shape index (κ3) is 4.47. The van der Waals surface area contributed by atoms with Crippen molar-refractivity contribution in [1.82, 2.24) is 8.61 Å². The zero-order valence-corrected chi connectivity index (χ0v) is 13.1. The van der Waals surface area contributed by atoms with Gasteiger partial charge in [0.1, 0.15) is 6.54 Å². The van der Waals surface area contributed by atoms with Crippen LogP contribution in [-0.4, -0.2) is 54.3 Å². The minimum absolute atomic E-state index is 0.0944. The number of halogens is 4. The molecule has 120 valence electrons. The maximum Gasteiger partial charge on any atom is 0.402 e. The SMILES string of the molecule is CC(C)N(CC(F)(F)F)S(=O)(=O)N1CCCCC1CCl. The van der Waals surface area contributed by atoms with Crippen LogP contribution < -0.4 is 0 Å². The van der Waals surface area contributed by atoms with Gasteiger partial charge in [0.05, 0.1) is 0 Å². The van der Waals surface area contributed by atoms with Gasteiger partial charge in [-0.15, -0.1) is 11.6 Å². The van der Waals surface area contributed by atoms with Crippen molar-refractivity contribution in [2.75, 3.05) is 19.0 Å². The molecule has 9 heteroatoms. The Balaban J connectivity index is 3.03. The highest BCUT2D eigenvalue weighted by atomic mass is 35.5. The Hall–Kier alpha value is -0.0500. The van der Waals surface area contributed by atoms with Crippen LogP contribution >= 0.6 is 11.6 Å². The highest BCUT2D eigenvalue weighted by Crippen LogP contribution is 2.27. The van der Waals surface area contributed by atoms with Crippen LogP contribution in [0.4, 0.5) is 13.2 Å². The van der Waals surface area contributed by atoms with E-state index in [0.29, 0.717) is 17.1 Å². The minimum atomic E-state index is -4.57. The lowest BCUT2D eigenvalue weighted by Crippen LogP contribution is -2.55. The second-order valence-electron chi connectivity index (χ2n) is 5.18. The number of rotatable bonds is 5. The summed E-state index contributed by atoms with van der Waals surface area (Å²) in [5, 5.41) is 0. The van der Waals surface area contributed by atoms with Gasteiger partial charge in [-0.3, -0.25) is 0 Å². The molecule has 0 aromatic carbocycles. The van der Waals surface area contributed by atoms with Gasteiger partial charge in [-0.2, -0.15) is 30.2 Å². The number of nitrogens with zero attached hydrogens (tertiary/aromatic N) is 2. The molecule has 0 radical (unpaired) electrons. The molecule has 1 unspecified atom stereocenters. The summed E-state index contributed by atoms with van der Waals surface area (Å²) in [5.41, 5.74) is 0. The quantitative estimate of drug-likeness (QED) is 0.724. The van der Waals surface area contributed by atoms with Gasteiger partial charge in [0, 0.05) is 24.5 Å². The Morgan fingerprint density at radius 1 is 1.35 bits per heavy atom. The average molecular weight is 337 g/mol. The monoisotopic (exact) mass is 336 g/mol. The highest BCUT2D eigenvalue weighted by molar-refractivity contribution is 7.86. The number of hydrogen-bond acceptors (Lipinski definition) is 2. The van der Waals surface area contributed by atoms with E-state index in [1.54, 1.807) is 0 Å². The molecule has 1 heterocycles. The molecule has 0 N–H and O–H groups in total. The molecule has 1 aliphatic heterocycles. The Kier molecular flexibility index (Phi) is 6.13. The first-order valence-electron chi connectivity index (χ1n) is 6.51. The van der Waals surface area contributed by atoms with Crippen LogP contribution in [0.3, 0.4) is 0 Å². The Morgan fingerprint density at radius 2 is 1.95 bits per heavy atom. The van der Waals surface area contributed by atoms with Gasteiger partial charge in [0.2, 0.25) is 0 Å². The van der Waals surface area contributed by atoms with Gasteiger partial charge in [-0.05, 0) is 26.7 Å². The van der Waals surface area contributed by atoms with Crippen molar-refractivity contribution < 1.29 is 21.6 Å². The average Bonchev–Trinajstić information content (AvgIpc) is 2.34. The van der Waals surface area contributed by atoms with Crippen molar-refractivity contribution in [3.63, 3.8) is 0 Å². The number of hydrogen-bond donors (Lipinski definition) is 0. The molecule has 1 aliphatic rings. The molecular weight excluding hydrogens is 317 g/mol. The van der Waals surface area contributed by atoms with Crippen LogP contribution in [0.25, 0.3) is 0 Å². The van der Waals surface area contributed by atoms with Crippen molar-refractivity contribution in [3.8, 4) is 0 Å². The predicted molar refractivity (Wildman–Crippen MR) is 71.9 cm³/mol. The smallest absolute Gasteiger partial charge is 0.195 e.